The fraction of sp³-hybridized carbons (Fsp3) is 0.600. The Morgan fingerprint density at radius 1 is 1.86 bits per heavy atom. The largest absolute Gasteiger partial charge is 0.320 e. The summed E-state index contributed by atoms with van der Waals surface area (Å²) in [5.41, 5.74) is 2.08. The maximum Gasteiger partial charge on any atom is 0.0458 e. The van der Waals surface area contributed by atoms with E-state index in [4.69, 9.17) is 0 Å². The van der Waals surface area contributed by atoms with Crippen LogP contribution in [0.2, 0.25) is 6.04 Å². The second kappa shape index (κ2) is 5.92. The van der Waals surface area contributed by atoms with Gasteiger partial charge in [0.2, 0.25) is 0 Å². The molecule has 0 aromatic heterocycles. The van der Waals surface area contributed by atoms with Gasteiger partial charge in [-0.15, -0.1) is 12.3 Å². The number of hydrogen-bond acceptors (Lipinski definition) is 1. The predicted octanol–water partition coefficient (Wildman–Crippen LogP) is -0.0636. The first-order valence-corrected chi connectivity index (χ1v) is 4.49. The molecule has 0 radical (unpaired) electrons. The molecular formula is C5H13NSi. The van der Waals surface area contributed by atoms with E-state index < -0.39 is 0 Å². The summed E-state index contributed by atoms with van der Waals surface area (Å²) in [6, 6.07) is 1.35. The van der Waals surface area contributed by atoms with Crippen LogP contribution in [-0.2, 0) is 0 Å². The quantitative estimate of drug-likeness (QED) is 0.400. The molecule has 0 saturated carbocycles. The fourth-order valence-corrected chi connectivity index (χ4v) is 1.27. The van der Waals surface area contributed by atoms with Crippen LogP contribution < -0.4 is 5.32 Å². The zero-order valence-corrected chi connectivity index (χ0v) is 6.32. The second-order valence-corrected chi connectivity index (χ2v) is 3.40. The molecule has 0 rings (SSSR count). The lowest BCUT2D eigenvalue weighted by Crippen LogP contribution is -2.08. The highest BCUT2D eigenvalue weighted by atomic mass is 28.2. The highest BCUT2D eigenvalue weighted by molar-refractivity contribution is 6.41. The Labute approximate surface area is 47.6 Å². The van der Waals surface area contributed by atoms with Gasteiger partial charge in [-0.05, 0) is 19.6 Å². The molecular weight excluding hydrogens is 102 g/mol. The Kier molecular flexibility index (Phi) is 5.85. The maximum atomic E-state index is 3.67. The van der Waals surface area contributed by atoms with Gasteiger partial charge >= 0.3 is 0 Å². The second-order valence-electron chi connectivity index (χ2n) is 1.53. The van der Waals surface area contributed by atoms with Gasteiger partial charge in [0.1, 0.15) is 0 Å². The monoisotopic (exact) mass is 115 g/mol. The van der Waals surface area contributed by atoms with E-state index in [9.17, 15) is 0 Å². The molecule has 1 nitrogen and oxygen atoms in total. The molecule has 0 aliphatic carbocycles. The molecule has 0 unspecified atom stereocenters. The highest BCUT2D eigenvalue weighted by Crippen LogP contribution is 1.72. The first-order chi connectivity index (χ1) is 3.41. The third kappa shape index (κ3) is 5.92. The molecule has 0 amide bonds. The lowest BCUT2D eigenvalue weighted by molar-refractivity contribution is 0.860. The number of rotatable bonds is 4. The third-order valence-corrected chi connectivity index (χ3v) is 2.01. The summed E-state index contributed by atoms with van der Waals surface area (Å²) >= 11 is 0. The van der Waals surface area contributed by atoms with Crippen molar-refractivity contribution in [3.63, 3.8) is 0 Å². The van der Waals surface area contributed by atoms with Crippen LogP contribution >= 0.6 is 0 Å². The van der Waals surface area contributed by atoms with Crippen molar-refractivity contribution in [3.05, 3.63) is 12.3 Å². The zero-order valence-electron chi connectivity index (χ0n) is 4.91. The summed E-state index contributed by atoms with van der Waals surface area (Å²) < 4.78 is 0. The van der Waals surface area contributed by atoms with Crippen molar-refractivity contribution in [3.8, 4) is 0 Å². The van der Waals surface area contributed by atoms with Crippen molar-refractivity contribution in [2.24, 2.45) is 0 Å². The molecule has 0 bridgehead atoms. The van der Waals surface area contributed by atoms with Crippen molar-refractivity contribution in [1.29, 1.82) is 0 Å². The standard InChI is InChI=1S/C5H13NSi/c1-3-7-5-4-6-2/h3,6H,1,4-5,7H2,2H3. The van der Waals surface area contributed by atoms with Gasteiger partial charge in [0.15, 0.2) is 0 Å². The Morgan fingerprint density at radius 2 is 2.57 bits per heavy atom. The molecule has 0 aromatic carbocycles. The number of nitrogens with one attached hydrogen (secondary N) is 1. The van der Waals surface area contributed by atoms with E-state index in [0.29, 0.717) is 0 Å². The zero-order chi connectivity index (χ0) is 5.54. The predicted molar refractivity (Wildman–Crippen MR) is 37.5 cm³/mol. The minimum atomic E-state index is 0.112. The van der Waals surface area contributed by atoms with Crippen molar-refractivity contribution < 1.29 is 0 Å². The first kappa shape index (κ1) is 6.92. The topological polar surface area (TPSA) is 12.0 Å². The third-order valence-electron chi connectivity index (χ3n) is 0.835. The van der Waals surface area contributed by atoms with Gasteiger partial charge in [0.25, 0.3) is 0 Å². The maximum absolute atomic E-state index is 3.67. The van der Waals surface area contributed by atoms with Crippen LogP contribution in [0.15, 0.2) is 12.3 Å². The van der Waals surface area contributed by atoms with E-state index in [1.165, 1.54) is 6.04 Å². The Balaban J connectivity index is 2.56. The lowest BCUT2D eigenvalue weighted by Gasteiger charge is -1.90. The normalized spacial score (nSPS) is 10.4. The molecule has 2 heteroatoms. The van der Waals surface area contributed by atoms with E-state index in [0.717, 1.165) is 6.54 Å². The lowest BCUT2D eigenvalue weighted by atomic mass is 10.8. The van der Waals surface area contributed by atoms with Crippen LogP contribution in [0.3, 0.4) is 0 Å². The first-order valence-electron chi connectivity index (χ1n) is 2.67. The molecule has 0 atom stereocenters. The van der Waals surface area contributed by atoms with E-state index in [2.05, 4.69) is 17.6 Å². The van der Waals surface area contributed by atoms with E-state index in [1.807, 2.05) is 7.05 Å². The van der Waals surface area contributed by atoms with Gasteiger partial charge < -0.3 is 5.32 Å². The van der Waals surface area contributed by atoms with Crippen LogP contribution in [0.25, 0.3) is 0 Å². The molecule has 0 aliphatic rings. The van der Waals surface area contributed by atoms with Crippen LogP contribution in [0.1, 0.15) is 0 Å². The average Bonchev–Trinajstić information content (AvgIpc) is 1.69. The molecule has 0 fully saturated rings. The van der Waals surface area contributed by atoms with E-state index in [1.54, 1.807) is 0 Å². The average molecular weight is 115 g/mol. The van der Waals surface area contributed by atoms with Crippen molar-refractivity contribution >= 4 is 9.52 Å². The van der Waals surface area contributed by atoms with Gasteiger partial charge in [-0.1, -0.05) is 0 Å². The van der Waals surface area contributed by atoms with Crippen LogP contribution in [0.4, 0.5) is 0 Å². The molecule has 0 aliphatic heterocycles. The minimum absolute atomic E-state index is 0.112. The van der Waals surface area contributed by atoms with Gasteiger partial charge in [-0.25, -0.2) is 0 Å². The summed E-state index contributed by atoms with van der Waals surface area (Å²) in [4.78, 5) is 0. The Hall–Kier alpha value is -0.0831. The molecule has 7 heavy (non-hydrogen) atoms. The van der Waals surface area contributed by atoms with Gasteiger partial charge in [-0.2, -0.15) is 0 Å². The van der Waals surface area contributed by atoms with E-state index >= 15 is 0 Å². The summed E-state index contributed by atoms with van der Waals surface area (Å²) in [6.45, 7) is 4.83. The SMILES string of the molecule is C=C[SiH2]CCNC. The highest BCUT2D eigenvalue weighted by Gasteiger charge is 1.77. The molecule has 0 spiro atoms. The van der Waals surface area contributed by atoms with Crippen molar-refractivity contribution in [1.82, 2.24) is 5.32 Å². The molecule has 0 heterocycles. The number of hydrogen-bond donors (Lipinski definition) is 1. The summed E-state index contributed by atoms with van der Waals surface area (Å²) in [5, 5.41) is 3.09. The summed E-state index contributed by atoms with van der Waals surface area (Å²) in [5.74, 6) is 0. The Morgan fingerprint density at radius 3 is 3.00 bits per heavy atom. The van der Waals surface area contributed by atoms with Crippen molar-refractivity contribution in [2.45, 2.75) is 6.04 Å². The van der Waals surface area contributed by atoms with E-state index in [-0.39, 0.29) is 9.52 Å². The minimum Gasteiger partial charge on any atom is -0.320 e. The van der Waals surface area contributed by atoms with Gasteiger partial charge in [0.05, 0.1) is 0 Å². The molecule has 1 N–H and O–H groups in total. The molecule has 42 valence electrons. The molecule has 0 saturated heterocycles. The van der Waals surface area contributed by atoms with Gasteiger partial charge in [0, 0.05) is 9.52 Å². The van der Waals surface area contributed by atoms with Gasteiger partial charge in [-0.3, -0.25) is 0 Å². The van der Waals surface area contributed by atoms with Crippen LogP contribution in [0, 0.1) is 0 Å². The summed E-state index contributed by atoms with van der Waals surface area (Å²) in [7, 11) is 2.10. The van der Waals surface area contributed by atoms with Crippen molar-refractivity contribution in [2.75, 3.05) is 13.6 Å². The smallest absolute Gasteiger partial charge is 0.0458 e. The van der Waals surface area contributed by atoms with Crippen LogP contribution in [-0.4, -0.2) is 23.1 Å². The fourth-order valence-electron chi connectivity index (χ4n) is 0.423. The van der Waals surface area contributed by atoms with Crippen LogP contribution in [0.5, 0.6) is 0 Å². The molecule has 0 aromatic rings. The summed E-state index contributed by atoms with van der Waals surface area (Å²) in [6.07, 6.45) is 0. The Bertz CT molecular complexity index is 45.3.